The highest BCUT2D eigenvalue weighted by atomic mass is 32.2. The fraction of sp³-hybridized carbons (Fsp3) is 0. The molecule has 0 amide bonds. The van der Waals surface area contributed by atoms with Crippen molar-refractivity contribution in [2.24, 2.45) is 5.14 Å². The van der Waals surface area contributed by atoms with Crippen molar-refractivity contribution >= 4 is 10.0 Å². The third-order valence-corrected chi connectivity index (χ3v) is 5.35. The van der Waals surface area contributed by atoms with E-state index in [1.807, 2.05) is 0 Å². The van der Waals surface area contributed by atoms with Gasteiger partial charge in [-0.15, -0.1) is 0 Å². The number of nitrogens with two attached hydrogens (primary N) is 1. The lowest BCUT2D eigenvalue weighted by Crippen LogP contribution is -2.16. The normalized spacial score (nSPS) is 11.6. The van der Waals surface area contributed by atoms with Gasteiger partial charge in [0.1, 0.15) is 16.5 Å². The molecule has 29 heavy (non-hydrogen) atoms. The van der Waals surface area contributed by atoms with Crippen molar-refractivity contribution in [3.8, 4) is 28.2 Å². The Hall–Kier alpha value is -3.36. The molecule has 8 heteroatoms. The summed E-state index contributed by atoms with van der Waals surface area (Å²) in [6.45, 7) is 0. The lowest BCUT2D eigenvalue weighted by atomic mass is 10.1. The topological polar surface area (TPSA) is 78.0 Å². The number of benzene rings is 3. The molecule has 0 aliphatic rings. The van der Waals surface area contributed by atoms with Crippen LogP contribution in [-0.2, 0) is 10.0 Å². The van der Waals surface area contributed by atoms with Gasteiger partial charge in [0.15, 0.2) is 0 Å². The first-order chi connectivity index (χ1) is 13.8. The number of hydrogen-bond donors (Lipinski definition) is 1. The minimum Gasteiger partial charge on any atom is -0.231 e. The van der Waals surface area contributed by atoms with Crippen LogP contribution in [0.5, 0.6) is 0 Å². The number of hydrogen-bond acceptors (Lipinski definition) is 3. The molecule has 0 aliphatic carbocycles. The highest BCUT2D eigenvalue weighted by molar-refractivity contribution is 7.89. The number of halogens is 2. The van der Waals surface area contributed by atoms with Crippen LogP contribution in [0, 0.1) is 11.6 Å². The molecule has 4 rings (SSSR count). The third-order valence-electron chi connectivity index (χ3n) is 4.39. The Morgan fingerprint density at radius 3 is 1.93 bits per heavy atom. The maximum absolute atomic E-state index is 13.4. The zero-order valence-corrected chi connectivity index (χ0v) is 15.8. The zero-order valence-electron chi connectivity index (χ0n) is 15.0. The second kappa shape index (κ2) is 7.23. The fourth-order valence-electron chi connectivity index (χ4n) is 3.03. The summed E-state index contributed by atoms with van der Waals surface area (Å²) in [6, 6.07) is 19.4. The maximum Gasteiger partial charge on any atom is 0.240 e. The molecule has 5 nitrogen and oxygen atoms in total. The molecule has 2 N–H and O–H groups in total. The van der Waals surface area contributed by atoms with Crippen LogP contribution in [0.2, 0.25) is 0 Å². The summed E-state index contributed by atoms with van der Waals surface area (Å²) in [4.78, 5) is -0.0999. The Labute approximate surface area is 166 Å². The lowest BCUT2D eigenvalue weighted by Gasteiger charge is -2.11. The van der Waals surface area contributed by atoms with Gasteiger partial charge >= 0.3 is 0 Å². The summed E-state index contributed by atoms with van der Waals surface area (Å²) >= 11 is 0. The molecule has 0 unspecified atom stereocenters. The number of rotatable bonds is 4. The highest BCUT2D eigenvalue weighted by Gasteiger charge is 2.20. The van der Waals surface area contributed by atoms with E-state index in [4.69, 9.17) is 5.14 Å². The maximum atomic E-state index is 13.4. The molecule has 0 radical (unpaired) electrons. The van der Waals surface area contributed by atoms with E-state index < -0.39 is 15.8 Å². The SMILES string of the molecule is NS(=O)(=O)c1ccccc1-n1nc(-c2ccc(F)cc2)cc1-c1ccc(F)cc1. The van der Waals surface area contributed by atoms with Crippen LogP contribution in [-0.4, -0.2) is 18.2 Å². The van der Waals surface area contributed by atoms with Gasteiger partial charge in [-0.05, 0) is 66.7 Å². The summed E-state index contributed by atoms with van der Waals surface area (Å²) in [5, 5.41) is 9.91. The molecular weight excluding hydrogens is 396 g/mol. The van der Waals surface area contributed by atoms with E-state index in [0.29, 0.717) is 22.5 Å². The van der Waals surface area contributed by atoms with Crippen molar-refractivity contribution in [1.29, 1.82) is 0 Å². The molecule has 0 saturated heterocycles. The van der Waals surface area contributed by atoms with Crippen molar-refractivity contribution < 1.29 is 17.2 Å². The van der Waals surface area contributed by atoms with Gasteiger partial charge in [-0.2, -0.15) is 5.10 Å². The molecule has 4 aromatic rings. The Balaban J connectivity index is 1.98. The van der Waals surface area contributed by atoms with Crippen LogP contribution in [0.4, 0.5) is 8.78 Å². The Bertz CT molecular complexity index is 1280. The van der Waals surface area contributed by atoms with E-state index >= 15 is 0 Å². The van der Waals surface area contributed by atoms with Gasteiger partial charge in [-0.3, -0.25) is 0 Å². The quantitative estimate of drug-likeness (QED) is 0.548. The van der Waals surface area contributed by atoms with Crippen molar-refractivity contribution in [2.45, 2.75) is 4.90 Å². The van der Waals surface area contributed by atoms with Crippen molar-refractivity contribution in [1.82, 2.24) is 9.78 Å². The Morgan fingerprint density at radius 1 is 0.793 bits per heavy atom. The van der Waals surface area contributed by atoms with E-state index in [1.54, 1.807) is 48.5 Å². The van der Waals surface area contributed by atoms with Gasteiger partial charge in [-0.1, -0.05) is 12.1 Å². The third kappa shape index (κ3) is 3.80. The molecular formula is C21H15F2N3O2S. The van der Waals surface area contributed by atoms with E-state index in [-0.39, 0.29) is 16.4 Å². The molecule has 3 aromatic carbocycles. The summed E-state index contributed by atoms with van der Waals surface area (Å²) in [5.41, 5.74) is 2.54. The summed E-state index contributed by atoms with van der Waals surface area (Å²) in [7, 11) is -4.02. The van der Waals surface area contributed by atoms with E-state index in [2.05, 4.69) is 5.10 Å². The highest BCUT2D eigenvalue weighted by Crippen LogP contribution is 2.31. The minimum atomic E-state index is -4.02. The van der Waals surface area contributed by atoms with E-state index in [0.717, 1.165) is 0 Å². The molecule has 146 valence electrons. The van der Waals surface area contributed by atoms with Crippen LogP contribution in [0.15, 0.2) is 83.8 Å². The molecule has 1 aromatic heterocycles. The molecule has 0 atom stereocenters. The monoisotopic (exact) mass is 411 g/mol. The number of para-hydroxylation sites is 1. The fourth-order valence-corrected chi connectivity index (χ4v) is 3.74. The molecule has 0 fully saturated rings. The lowest BCUT2D eigenvalue weighted by molar-refractivity contribution is 0.596. The number of primary sulfonamides is 1. The average molecular weight is 411 g/mol. The summed E-state index contributed by atoms with van der Waals surface area (Å²) < 4.78 is 52.3. The molecule has 0 bridgehead atoms. The van der Waals surface area contributed by atoms with Gasteiger partial charge < -0.3 is 0 Å². The molecule has 0 saturated carbocycles. The Kier molecular flexibility index (Phi) is 4.73. The van der Waals surface area contributed by atoms with Gasteiger partial charge in [0.05, 0.1) is 17.1 Å². The first kappa shape index (κ1) is 19.0. The van der Waals surface area contributed by atoms with E-state index in [1.165, 1.54) is 35.0 Å². The Morgan fingerprint density at radius 2 is 1.34 bits per heavy atom. The van der Waals surface area contributed by atoms with Crippen molar-refractivity contribution in [3.63, 3.8) is 0 Å². The average Bonchev–Trinajstić information content (AvgIpc) is 3.14. The number of sulfonamides is 1. The van der Waals surface area contributed by atoms with Gasteiger partial charge in [0, 0.05) is 11.1 Å². The van der Waals surface area contributed by atoms with Crippen LogP contribution < -0.4 is 5.14 Å². The molecule has 1 heterocycles. The van der Waals surface area contributed by atoms with Crippen LogP contribution in [0.1, 0.15) is 0 Å². The first-order valence-corrected chi connectivity index (χ1v) is 10.1. The standard InChI is InChI=1S/C21H15F2N3O2S/c22-16-9-5-14(6-10-16)18-13-20(15-7-11-17(23)12-8-15)26(25-18)19-3-1-2-4-21(19)29(24,27)28/h1-13H,(H2,24,27,28). The van der Waals surface area contributed by atoms with E-state index in [9.17, 15) is 17.2 Å². The van der Waals surface area contributed by atoms with Crippen LogP contribution in [0.3, 0.4) is 0 Å². The van der Waals surface area contributed by atoms with Crippen molar-refractivity contribution in [2.75, 3.05) is 0 Å². The summed E-state index contributed by atoms with van der Waals surface area (Å²) in [6.07, 6.45) is 0. The second-order valence-corrected chi connectivity index (χ2v) is 7.88. The predicted octanol–water partition coefficient (Wildman–Crippen LogP) is 4.13. The van der Waals surface area contributed by atoms with Crippen LogP contribution >= 0.6 is 0 Å². The van der Waals surface area contributed by atoms with Crippen molar-refractivity contribution in [3.05, 3.63) is 90.5 Å². The second-order valence-electron chi connectivity index (χ2n) is 6.35. The zero-order chi connectivity index (χ0) is 20.6. The number of nitrogens with zero attached hydrogens (tertiary/aromatic N) is 2. The van der Waals surface area contributed by atoms with Gasteiger partial charge in [0.2, 0.25) is 10.0 Å². The predicted molar refractivity (Wildman–Crippen MR) is 106 cm³/mol. The molecule has 0 aliphatic heterocycles. The largest absolute Gasteiger partial charge is 0.240 e. The van der Waals surface area contributed by atoms with Gasteiger partial charge in [0.25, 0.3) is 0 Å². The summed E-state index contributed by atoms with van der Waals surface area (Å²) in [5.74, 6) is -0.782. The smallest absolute Gasteiger partial charge is 0.231 e. The molecule has 0 spiro atoms. The van der Waals surface area contributed by atoms with Crippen LogP contribution in [0.25, 0.3) is 28.2 Å². The van der Waals surface area contributed by atoms with Gasteiger partial charge in [-0.25, -0.2) is 27.0 Å². The number of aromatic nitrogens is 2. The minimum absolute atomic E-state index is 0.0999. The first-order valence-electron chi connectivity index (χ1n) is 8.57.